The average Bonchev–Trinajstić information content (AvgIpc) is 2.90. The van der Waals surface area contributed by atoms with Crippen molar-refractivity contribution in [1.82, 2.24) is 19.0 Å². The summed E-state index contributed by atoms with van der Waals surface area (Å²) in [5, 5.41) is 38.7. The number of carbonyl (C=O) groups is 3. The van der Waals surface area contributed by atoms with E-state index in [4.69, 9.17) is 19.7 Å². The number of hydrogen-bond donors (Lipinski definition) is 5. The molecule has 3 unspecified atom stereocenters. The van der Waals surface area contributed by atoms with E-state index in [0.29, 0.717) is 20.1 Å². The number of nitrogens with one attached hydrogen (secondary N) is 1. The van der Waals surface area contributed by atoms with Crippen molar-refractivity contribution in [2.75, 3.05) is 33.0 Å². The van der Waals surface area contributed by atoms with E-state index < -0.39 is 93.6 Å². The van der Waals surface area contributed by atoms with Gasteiger partial charge in [-0.2, -0.15) is 0 Å². The highest BCUT2D eigenvalue weighted by atomic mass is 16.5. The van der Waals surface area contributed by atoms with Gasteiger partial charge in [0.1, 0.15) is 25.4 Å². The van der Waals surface area contributed by atoms with E-state index >= 15 is 0 Å². The highest BCUT2D eigenvalue weighted by Gasteiger charge is 2.19. The number of rotatable bonds is 17. The summed E-state index contributed by atoms with van der Waals surface area (Å²) in [5.41, 5.74) is -3.21. The largest absolute Gasteiger partial charge is 0.463 e. The molecule has 0 aromatic carbocycles. The van der Waals surface area contributed by atoms with Crippen molar-refractivity contribution in [1.29, 1.82) is 0 Å². The lowest BCUT2D eigenvalue weighted by atomic mass is 10.1. The number of nitrogens with zero attached hydrogens (tertiary/aromatic N) is 3. The smallest absolute Gasteiger partial charge is 0.336 e. The third kappa shape index (κ3) is 10.2. The second-order valence-electron chi connectivity index (χ2n) is 8.44. The summed E-state index contributed by atoms with van der Waals surface area (Å²) in [6.07, 6.45) is -3.01. The number of aliphatic hydroxyl groups excluding tert-OH is 4. The molecule has 1 aromatic heterocycles. The fraction of sp³-hybridized carbons (Fsp3) is 0.727. The zero-order chi connectivity index (χ0) is 28.8. The Morgan fingerprint density at radius 2 is 1.18 bits per heavy atom. The van der Waals surface area contributed by atoms with Crippen molar-refractivity contribution in [3.63, 3.8) is 0 Å². The van der Waals surface area contributed by atoms with Crippen LogP contribution in [0.3, 0.4) is 0 Å². The Bertz CT molecular complexity index is 1040. The summed E-state index contributed by atoms with van der Waals surface area (Å²) in [5.74, 6) is -2.38. The summed E-state index contributed by atoms with van der Waals surface area (Å²) < 4.78 is 11.4. The molecule has 16 nitrogen and oxygen atoms in total. The molecule has 0 bridgehead atoms. The number of ether oxygens (including phenoxy) is 2. The van der Waals surface area contributed by atoms with Crippen LogP contribution in [0.5, 0.6) is 0 Å². The molecule has 1 heterocycles. The molecule has 0 fully saturated rings. The molecule has 1 rings (SSSR count). The molecule has 0 aliphatic carbocycles. The van der Waals surface area contributed by atoms with Gasteiger partial charge in [-0.1, -0.05) is 13.8 Å². The monoisotopic (exact) mass is 548 g/mol. The molecule has 5 N–H and O–H groups in total. The van der Waals surface area contributed by atoms with Crippen LogP contribution in [0.2, 0.25) is 0 Å². The minimum Gasteiger partial charge on any atom is -0.463 e. The quantitative estimate of drug-likeness (QED) is 0.117. The zero-order valence-corrected chi connectivity index (χ0v) is 21.4. The van der Waals surface area contributed by atoms with Crippen LogP contribution in [-0.4, -0.2) is 97.2 Å². The maximum atomic E-state index is 12.9. The second kappa shape index (κ2) is 16.5. The van der Waals surface area contributed by atoms with Gasteiger partial charge in [0.2, 0.25) is 5.91 Å². The Labute approximate surface area is 217 Å². The number of esters is 2. The molecule has 0 radical (unpaired) electrons. The Balaban J connectivity index is 3.17. The van der Waals surface area contributed by atoms with Gasteiger partial charge >= 0.3 is 29.0 Å². The molecule has 0 aliphatic rings. The summed E-state index contributed by atoms with van der Waals surface area (Å²) in [6.45, 7) is -0.196. The van der Waals surface area contributed by atoms with E-state index in [2.05, 4.69) is 5.32 Å². The lowest BCUT2D eigenvalue weighted by Crippen LogP contribution is -2.55. The molecule has 0 spiro atoms. The molecule has 0 saturated carbocycles. The Morgan fingerprint density at radius 1 is 0.789 bits per heavy atom. The van der Waals surface area contributed by atoms with Crippen LogP contribution in [0.4, 0.5) is 0 Å². The van der Waals surface area contributed by atoms with Gasteiger partial charge in [-0.3, -0.25) is 14.4 Å². The SMILES string of the molecule is CCC(C)C(=O)NCCn1c(=O)n(CCC(=O)OCC(O)CO)c(=O)n(CCC(=O)OCC(O)CO)c1=O. The van der Waals surface area contributed by atoms with Gasteiger partial charge in [0, 0.05) is 32.1 Å². The van der Waals surface area contributed by atoms with Crippen LogP contribution in [-0.2, 0) is 43.5 Å². The van der Waals surface area contributed by atoms with E-state index in [1.54, 1.807) is 6.92 Å². The minimum absolute atomic E-state index is 0.112. The molecular formula is C22H36N4O12. The molecule has 1 aromatic rings. The van der Waals surface area contributed by atoms with Crippen LogP contribution in [0.15, 0.2) is 14.4 Å². The number of amides is 1. The topological polar surface area (TPSA) is 229 Å². The van der Waals surface area contributed by atoms with E-state index in [0.717, 1.165) is 0 Å². The maximum Gasteiger partial charge on any atom is 0.336 e. The predicted octanol–water partition coefficient (Wildman–Crippen LogP) is -4.09. The summed E-state index contributed by atoms with van der Waals surface area (Å²) in [4.78, 5) is 74.7. The van der Waals surface area contributed by atoms with Crippen molar-refractivity contribution in [2.45, 2.75) is 65.0 Å². The normalized spacial score (nSPS) is 13.4. The minimum atomic E-state index is -1.30. The first-order valence-corrected chi connectivity index (χ1v) is 12.1. The Kier molecular flexibility index (Phi) is 14.2. The van der Waals surface area contributed by atoms with Crippen molar-refractivity contribution in [3.05, 3.63) is 31.5 Å². The molecule has 38 heavy (non-hydrogen) atoms. The highest BCUT2D eigenvalue weighted by molar-refractivity contribution is 5.78. The number of carbonyl (C=O) groups excluding carboxylic acids is 3. The van der Waals surface area contributed by atoms with E-state index in [-0.39, 0.29) is 24.9 Å². The maximum absolute atomic E-state index is 12.9. The van der Waals surface area contributed by atoms with Crippen molar-refractivity contribution in [3.8, 4) is 0 Å². The average molecular weight is 549 g/mol. The van der Waals surface area contributed by atoms with Crippen molar-refractivity contribution >= 4 is 17.8 Å². The first-order chi connectivity index (χ1) is 18.0. The Hall–Kier alpha value is -3.34. The second-order valence-corrected chi connectivity index (χ2v) is 8.44. The summed E-state index contributed by atoms with van der Waals surface area (Å²) in [7, 11) is 0. The highest BCUT2D eigenvalue weighted by Crippen LogP contribution is 1.99. The third-order valence-electron chi connectivity index (χ3n) is 5.45. The zero-order valence-electron chi connectivity index (χ0n) is 21.4. The van der Waals surface area contributed by atoms with Gasteiger partial charge in [0.25, 0.3) is 0 Å². The van der Waals surface area contributed by atoms with Crippen LogP contribution < -0.4 is 22.4 Å². The first kappa shape index (κ1) is 32.7. The lowest BCUT2D eigenvalue weighted by Gasteiger charge is -2.15. The number of hydrogen-bond acceptors (Lipinski definition) is 12. The van der Waals surface area contributed by atoms with Crippen LogP contribution in [0.25, 0.3) is 0 Å². The fourth-order valence-electron chi connectivity index (χ4n) is 2.94. The van der Waals surface area contributed by atoms with Gasteiger partial charge < -0.3 is 35.2 Å². The van der Waals surface area contributed by atoms with Gasteiger partial charge in [0.15, 0.2) is 0 Å². The fourth-order valence-corrected chi connectivity index (χ4v) is 2.94. The molecule has 216 valence electrons. The van der Waals surface area contributed by atoms with Crippen molar-refractivity contribution < 1.29 is 44.3 Å². The first-order valence-electron chi connectivity index (χ1n) is 12.1. The number of aliphatic hydroxyl groups is 4. The Morgan fingerprint density at radius 3 is 1.55 bits per heavy atom. The molecular weight excluding hydrogens is 512 g/mol. The molecule has 3 atom stereocenters. The standard InChI is InChI=1S/C22H36N4O12/c1-3-14(2)19(33)23-6-9-26-21(35)24(7-4-17(31)37-12-15(29)10-27)20(34)25(22(26)36)8-5-18(32)38-13-16(30)11-28/h14-16,27-30H,3-13H2,1-2H3,(H,23,33). The van der Waals surface area contributed by atoms with Gasteiger partial charge in [0.05, 0.1) is 26.1 Å². The predicted molar refractivity (Wildman–Crippen MR) is 129 cm³/mol. The molecule has 16 heteroatoms. The third-order valence-corrected chi connectivity index (χ3v) is 5.45. The lowest BCUT2D eigenvalue weighted by molar-refractivity contribution is -0.148. The van der Waals surface area contributed by atoms with Gasteiger partial charge in [-0.25, -0.2) is 28.1 Å². The van der Waals surface area contributed by atoms with E-state index in [9.17, 15) is 39.0 Å². The van der Waals surface area contributed by atoms with Gasteiger partial charge in [-0.05, 0) is 6.42 Å². The molecule has 0 aliphatic heterocycles. The van der Waals surface area contributed by atoms with Crippen LogP contribution in [0.1, 0.15) is 33.1 Å². The van der Waals surface area contributed by atoms with E-state index in [1.807, 2.05) is 6.92 Å². The van der Waals surface area contributed by atoms with Crippen LogP contribution in [0, 0.1) is 5.92 Å². The van der Waals surface area contributed by atoms with E-state index in [1.165, 1.54) is 0 Å². The molecule has 1 amide bonds. The molecule has 0 saturated heterocycles. The van der Waals surface area contributed by atoms with Gasteiger partial charge in [-0.15, -0.1) is 0 Å². The number of aromatic nitrogens is 3. The summed E-state index contributed by atoms with van der Waals surface area (Å²) >= 11 is 0. The summed E-state index contributed by atoms with van der Waals surface area (Å²) in [6, 6.07) is 0. The van der Waals surface area contributed by atoms with Crippen LogP contribution >= 0.6 is 0 Å². The van der Waals surface area contributed by atoms with Crippen molar-refractivity contribution in [2.24, 2.45) is 5.92 Å².